The molecule has 3 heterocycles. The molecule has 0 amide bonds. The van der Waals surface area contributed by atoms with E-state index in [2.05, 4.69) is 26.9 Å². The Labute approximate surface area is 150 Å². The molecule has 6 nitrogen and oxygen atoms in total. The average molecular weight is 377 g/mol. The first kappa shape index (κ1) is 18.0. The first-order chi connectivity index (χ1) is 10.6. The molecule has 0 atom stereocenters. The van der Waals surface area contributed by atoms with Gasteiger partial charge in [-0.05, 0) is 19.2 Å². The lowest BCUT2D eigenvalue weighted by atomic mass is 10.3. The minimum Gasteiger partial charge on any atom is -0.366 e. The van der Waals surface area contributed by atoms with Crippen molar-refractivity contribution in [3.63, 3.8) is 0 Å². The third-order valence-corrected chi connectivity index (χ3v) is 4.23. The van der Waals surface area contributed by atoms with E-state index in [9.17, 15) is 4.79 Å². The molecule has 2 aromatic rings. The van der Waals surface area contributed by atoms with Crippen LogP contribution in [0.15, 0.2) is 29.2 Å². The number of halogens is 3. The molecule has 0 aliphatic carbocycles. The molecule has 0 N–H and O–H groups in total. The van der Waals surface area contributed by atoms with Gasteiger partial charge in [0.05, 0.1) is 11.9 Å². The van der Waals surface area contributed by atoms with Gasteiger partial charge in [0, 0.05) is 26.2 Å². The average Bonchev–Trinajstić information content (AvgIpc) is 2.51. The lowest BCUT2D eigenvalue weighted by Crippen LogP contribution is -2.45. The highest BCUT2D eigenvalue weighted by Crippen LogP contribution is 2.22. The van der Waals surface area contributed by atoms with E-state index in [1.807, 2.05) is 0 Å². The maximum absolute atomic E-state index is 12.5. The molecule has 1 aliphatic rings. The topological polar surface area (TPSA) is 54.3 Å². The van der Waals surface area contributed by atoms with Crippen molar-refractivity contribution in [1.29, 1.82) is 0 Å². The van der Waals surface area contributed by atoms with Gasteiger partial charge in [-0.25, -0.2) is 4.98 Å². The summed E-state index contributed by atoms with van der Waals surface area (Å²) in [6.45, 7) is 3.48. The summed E-state index contributed by atoms with van der Waals surface area (Å²) in [5.41, 5.74) is 0.269. The summed E-state index contributed by atoms with van der Waals surface area (Å²) in [5, 5.41) is 4.64. The summed E-state index contributed by atoms with van der Waals surface area (Å²) in [4.78, 5) is 20.8. The standard InChI is InChI=1S/C14H15Cl2N5O.ClH/c1-19-5-7-20(8-6-19)10-9-17-21(14(22)13(10)16)12-4-2-3-11(15)18-12;/h2-4,9H,5-8H2,1H3;1H. The Bertz CT molecular complexity index is 743. The predicted molar refractivity (Wildman–Crippen MR) is 94.6 cm³/mol. The lowest BCUT2D eigenvalue weighted by molar-refractivity contribution is 0.312. The molecule has 0 saturated carbocycles. The van der Waals surface area contributed by atoms with Crippen LogP contribution in [0.3, 0.4) is 0 Å². The van der Waals surface area contributed by atoms with Gasteiger partial charge in [0.15, 0.2) is 5.82 Å². The SMILES string of the molecule is CN1CCN(c2cnn(-c3cccc(Cl)n3)c(=O)c2Cl)CC1.Cl. The number of rotatable bonds is 2. The summed E-state index contributed by atoms with van der Waals surface area (Å²) >= 11 is 12.1. The Morgan fingerprint density at radius 3 is 2.48 bits per heavy atom. The van der Waals surface area contributed by atoms with E-state index in [-0.39, 0.29) is 17.4 Å². The van der Waals surface area contributed by atoms with E-state index in [1.165, 1.54) is 0 Å². The molecule has 1 fully saturated rings. The van der Waals surface area contributed by atoms with Gasteiger partial charge in [-0.15, -0.1) is 12.4 Å². The van der Waals surface area contributed by atoms with Gasteiger partial charge in [-0.1, -0.05) is 29.3 Å². The Morgan fingerprint density at radius 1 is 1.13 bits per heavy atom. The second kappa shape index (κ2) is 7.49. The molecule has 0 unspecified atom stereocenters. The fourth-order valence-corrected chi connectivity index (χ4v) is 2.78. The van der Waals surface area contributed by atoms with Crippen LogP contribution >= 0.6 is 35.6 Å². The molecular formula is C14H16Cl3N5O. The van der Waals surface area contributed by atoms with E-state index in [0.29, 0.717) is 16.7 Å². The third-order valence-electron chi connectivity index (χ3n) is 3.66. The first-order valence-electron chi connectivity index (χ1n) is 6.90. The van der Waals surface area contributed by atoms with Crippen molar-refractivity contribution in [3.05, 3.63) is 44.9 Å². The third kappa shape index (κ3) is 3.77. The van der Waals surface area contributed by atoms with Crippen LogP contribution in [0.25, 0.3) is 5.82 Å². The molecule has 1 aliphatic heterocycles. The van der Waals surface area contributed by atoms with Gasteiger partial charge < -0.3 is 9.80 Å². The zero-order valence-corrected chi connectivity index (χ0v) is 14.8. The quantitative estimate of drug-likeness (QED) is 0.751. The molecule has 0 aromatic carbocycles. The van der Waals surface area contributed by atoms with Crippen molar-refractivity contribution in [2.45, 2.75) is 0 Å². The fraction of sp³-hybridized carbons (Fsp3) is 0.357. The highest BCUT2D eigenvalue weighted by Gasteiger charge is 2.20. The second-order valence-electron chi connectivity index (χ2n) is 5.17. The molecule has 0 radical (unpaired) electrons. The van der Waals surface area contributed by atoms with E-state index < -0.39 is 5.56 Å². The molecule has 0 spiro atoms. The van der Waals surface area contributed by atoms with Crippen molar-refractivity contribution in [1.82, 2.24) is 19.7 Å². The highest BCUT2D eigenvalue weighted by atomic mass is 35.5. The fourth-order valence-electron chi connectivity index (χ4n) is 2.37. The van der Waals surface area contributed by atoms with Gasteiger partial charge in [-0.2, -0.15) is 9.78 Å². The smallest absolute Gasteiger partial charge is 0.293 e. The molecule has 23 heavy (non-hydrogen) atoms. The van der Waals surface area contributed by atoms with E-state index in [0.717, 1.165) is 30.9 Å². The molecule has 124 valence electrons. The minimum absolute atomic E-state index is 0. The van der Waals surface area contributed by atoms with Gasteiger partial charge in [0.2, 0.25) is 0 Å². The van der Waals surface area contributed by atoms with E-state index >= 15 is 0 Å². The van der Waals surface area contributed by atoms with Crippen LogP contribution in [0.2, 0.25) is 10.2 Å². The second-order valence-corrected chi connectivity index (χ2v) is 5.93. The molecule has 1 saturated heterocycles. The Hall–Kier alpha value is -1.34. The minimum atomic E-state index is -0.395. The van der Waals surface area contributed by atoms with Crippen LogP contribution < -0.4 is 10.5 Å². The van der Waals surface area contributed by atoms with Crippen molar-refractivity contribution < 1.29 is 0 Å². The summed E-state index contributed by atoms with van der Waals surface area (Å²) in [6.07, 6.45) is 1.61. The van der Waals surface area contributed by atoms with Crippen LogP contribution in [0.4, 0.5) is 5.69 Å². The monoisotopic (exact) mass is 375 g/mol. The van der Waals surface area contributed by atoms with Crippen LogP contribution in [-0.4, -0.2) is 52.9 Å². The predicted octanol–water partition coefficient (Wildman–Crippen LogP) is 2.11. The number of hydrogen-bond donors (Lipinski definition) is 0. The normalized spacial score (nSPS) is 15.3. The lowest BCUT2D eigenvalue weighted by Gasteiger charge is -2.34. The van der Waals surface area contributed by atoms with Crippen molar-refractivity contribution in [2.24, 2.45) is 0 Å². The first-order valence-corrected chi connectivity index (χ1v) is 7.66. The van der Waals surface area contributed by atoms with Gasteiger partial charge in [-0.3, -0.25) is 4.79 Å². The van der Waals surface area contributed by atoms with Crippen LogP contribution in [0.5, 0.6) is 0 Å². The molecule has 3 rings (SSSR count). The maximum atomic E-state index is 12.5. The summed E-state index contributed by atoms with van der Waals surface area (Å²) in [7, 11) is 2.07. The number of piperazine rings is 1. The molecule has 0 bridgehead atoms. The number of anilines is 1. The number of aromatic nitrogens is 3. The van der Waals surface area contributed by atoms with Gasteiger partial charge in [0.25, 0.3) is 5.56 Å². The highest BCUT2D eigenvalue weighted by molar-refractivity contribution is 6.33. The number of pyridine rings is 1. The Balaban J connectivity index is 0.00000192. The van der Waals surface area contributed by atoms with Crippen LogP contribution in [0, 0.1) is 0 Å². The number of nitrogens with zero attached hydrogens (tertiary/aromatic N) is 5. The summed E-state index contributed by atoms with van der Waals surface area (Å²) in [5.74, 6) is 0.351. The molecule has 9 heteroatoms. The molecule has 2 aromatic heterocycles. The zero-order valence-electron chi connectivity index (χ0n) is 12.4. The van der Waals surface area contributed by atoms with Gasteiger partial charge >= 0.3 is 0 Å². The Kier molecular flexibility index (Phi) is 5.86. The van der Waals surface area contributed by atoms with Crippen molar-refractivity contribution in [3.8, 4) is 5.82 Å². The summed E-state index contributed by atoms with van der Waals surface area (Å²) < 4.78 is 1.16. The van der Waals surface area contributed by atoms with E-state index in [1.54, 1.807) is 24.4 Å². The maximum Gasteiger partial charge on any atom is 0.293 e. The molecular weight excluding hydrogens is 361 g/mol. The van der Waals surface area contributed by atoms with Gasteiger partial charge in [0.1, 0.15) is 10.2 Å². The zero-order chi connectivity index (χ0) is 15.7. The van der Waals surface area contributed by atoms with Crippen LogP contribution in [0.1, 0.15) is 0 Å². The largest absolute Gasteiger partial charge is 0.366 e. The van der Waals surface area contributed by atoms with Crippen molar-refractivity contribution in [2.75, 3.05) is 38.1 Å². The van der Waals surface area contributed by atoms with Crippen LogP contribution in [-0.2, 0) is 0 Å². The summed E-state index contributed by atoms with van der Waals surface area (Å²) in [6, 6.07) is 5.00. The van der Waals surface area contributed by atoms with E-state index in [4.69, 9.17) is 23.2 Å². The number of likely N-dealkylation sites (N-methyl/N-ethyl adjacent to an activating group) is 1. The van der Waals surface area contributed by atoms with Crippen molar-refractivity contribution >= 4 is 41.3 Å². The number of hydrogen-bond acceptors (Lipinski definition) is 5. The Morgan fingerprint density at radius 2 is 1.83 bits per heavy atom.